The van der Waals surface area contributed by atoms with E-state index in [9.17, 15) is 19.1 Å². The molecule has 1 amide bonds. The van der Waals surface area contributed by atoms with Crippen LogP contribution in [0.3, 0.4) is 0 Å². The van der Waals surface area contributed by atoms with Gasteiger partial charge in [0.25, 0.3) is 5.91 Å². The summed E-state index contributed by atoms with van der Waals surface area (Å²) in [6.07, 6.45) is 0. The molecule has 0 fully saturated rings. The highest BCUT2D eigenvalue weighted by molar-refractivity contribution is 7.22. The molecule has 0 saturated carbocycles. The Balaban J connectivity index is 1.56. The highest BCUT2D eigenvalue weighted by atomic mass is 35.5. The number of carbonyl (C=O) groups excluding carboxylic acids is 2. The number of carbonyl (C=O) groups is 2. The number of ether oxygens (including phenoxy) is 1. The Hall–Kier alpha value is -3.75. The molecule has 1 aromatic heterocycles. The Morgan fingerprint density at radius 1 is 1.09 bits per heavy atom. The first-order valence-corrected chi connectivity index (χ1v) is 11.4. The Bertz CT molecular complexity index is 1440. The summed E-state index contributed by atoms with van der Waals surface area (Å²) in [5.74, 6) is -2.06. The second kappa shape index (κ2) is 8.89. The molecule has 9 heteroatoms. The second-order valence-electron chi connectivity index (χ2n) is 7.50. The zero-order chi connectivity index (χ0) is 23.8. The van der Waals surface area contributed by atoms with Crippen LogP contribution < -0.4 is 9.64 Å². The first kappa shape index (κ1) is 22.1. The number of rotatable bonds is 6. The minimum Gasteiger partial charge on any atom is -0.503 e. The number of nitrogens with zero attached hydrogens (tertiary/aromatic N) is 2. The molecule has 1 aliphatic rings. The topological polar surface area (TPSA) is 79.7 Å². The van der Waals surface area contributed by atoms with Crippen LogP contribution in [0.4, 0.5) is 9.52 Å². The number of amides is 1. The third kappa shape index (κ3) is 3.91. The molecule has 1 N–H and O–H groups in total. The number of Topliss-reactive ketones (excluding diaryl/α,β-unsaturated/α-hetero) is 1. The molecule has 0 spiro atoms. The summed E-state index contributed by atoms with van der Waals surface area (Å²) in [7, 11) is 0. The quantitative estimate of drug-likeness (QED) is 0.375. The zero-order valence-electron chi connectivity index (χ0n) is 17.4. The maximum absolute atomic E-state index is 13.6. The van der Waals surface area contributed by atoms with Crippen LogP contribution in [0.15, 0.2) is 84.1 Å². The standard InChI is InChI=1S/C25H16ClFN2O4S/c26-17-7-4-8-19-21(17)28-25(34-19)29-22(14-9-11-15(27)12-10-14)20(23(31)24(29)32)18(30)13-33-16-5-2-1-3-6-16/h1-12,22,31H,13H2. The largest absolute Gasteiger partial charge is 0.503 e. The lowest BCUT2D eigenvalue weighted by Gasteiger charge is -2.24. The molecule has 0 aliphatic carbocycles. The summed E-state index contributed by atoms with van der Waals surface area (Å²) >= 11 is 7.46. The first-order chi connectivity index (χ1) is 16.4. The average molecular weight is 495 g/mol. The van der Waals surface area contributed by atoms with Crippen molar-refractivity contribution in [1.29, 1.82) is 0 Å². The molecule has 3 aromatic carbocycles. The zero-order valence-corrected chi connectivity index (χ0v) is 19.0. The average Bonchev–Trinajstić information content (AvgIpc) is 3.38. The van der Waals surface area contributed by atoms with E-state index in [-0.39, 0.29) is 10.7 Å². The Labute approximate surface area is 202 Å². The van der Waals surface area contributed by atoms with Crippen LogP contribution in [-0.2, 0) is 9.59 Å². The molecule has 170 valence electrons. The van der Waals surface area contributed by atoms with Crippen LogP contribution in [0.5, 0.6) is 5.75 Å². The maximum Gasteiger partial charge on any atom is 0.296 e. The summed E-state index contributed by atoms with van der Waals surface area (Å²) in [5, 5.41) is 11.4. The van der Waals surface area contributed by atoms with Crippen LogP contribution in [-0.4, -0.2) is 28.4 Å². The van der Waals surface area contributed by atoms with Crippen molar-refractivity contribution in [2.75, 3.05) is 11.5 Å². The fourth-order valence-corrected chi connectivity index (χ4v) is 5.09. The Morgan fingerprint density at radius 3 is 2.53 bits per heavy atom. The van der Waals surface area contributed by atoms with Crippen molar-refractivity contribution >= 4 is 50.0 Å². The number of fused-ring (bicyclic) bond motifs is 1. The first-order valence-electron chi connectivity index (χ1n) is 10.2. The maximum atomic E-state index is 13.6. The van der Waals surface area contributed by atoms with Crippen molar-refractivity contribution in [3.05, 3.63) is 101 Å². The van der Waals surface area contributed by atoms with E-state index in [1.807, 2.05) is 12.1 Å². The number of aromatic nitrogens is 1. The van der Waals surface area contributed by atoms with Crippen LogP contribution in [0, 0.1) is 5.82 Å². The molecule has 0 saturated heterocycles. The van der Waals surface area contributed by atoms with Crippen molar-refractivity contribution in [3.63, 3.8) is 0 Å². The lowest BCUT2D eigenvalue weighted by molar-refractivity contribution is -0.119. The molecule has 2 heterocycles. The van der Waals surface area contributed by atoms with Gasteiger partial charge in [0.15, 0.2) is 17.5 Å². The molecule has 4 aromatic rings. The van der Waals surface area contributed by atoms with Gasteiger partial charge in [-0.15, -0.1) is 0 Å². The van der Waals surface area contributed by atoms with E-state index >= 15 is 0 Å². The van der Waals surface area contributed by atoms with Crippen molar-refractivity contribution in [2.45, 2.75) is 6.04 Å². The molecule has 0 bridgehead atoms. The lowest BCUT2D eigenvalue weighted by atomic mass is 9.96. The molecule has 6 nitrogen and oxygen atoms in total. The summed E-state index contributed by atoms with van der Waals surface area (Å²) in [5.41, 5.74) is 0.798. The molecule has 5 rings (SSSR count). The number of para-hydroxylation sites is 2. The van der Waals surface area contributed by atoms with E-state index in [1.54, 1.807) is 36.4 Å². The summed E-state index contributed by atoms with van der Waals surface area (Å²) < 4.78 is 19.9. The molecule has 1 unspecified atom stereocenters. The van der Waals surface area contributed by atoms with E-state index in [1.165, 1.54) is 40.5 Å². The van der Waals surface area contributed by atoms with Gasteiger partial charge in [-0.05, 0) is 42.0 Å². The predicted molar refractivity (Wildman–Crippen MR) is 128 cm³/mol. The summed E-state index contributed by atoms with van der Waals surface area (Å²) in [6, 6.07) is 18.3. The molecule has 1 aliphatic heterocycles. The van der Waals surface area contributed by atoms with E-state index in [0.29, 0.717) is 21.9 Å². The molecule has 1 atom stereocenters. The van der Waals surface area contributed by atoms with E-state index in [4.69, 9.17) is 16.3 Å². The van der Waals surface area contributed by atoms with Crippen molar-refractivity contribution < 1.29 is 23.8 Å². The van der Waals surface area contributed by atoms with Crippen molar-refractivity contribution in [2.24, 2.45) is 0 Å². The monoisotopic (exact) mass is 494 g/mol. The number of hydrogen-bond acceptors (Lipinski definition) is 6. The van der Waals surface area contributed by atoms with Crippen LogP contribution >= 0.6 is 22.9 Å². The smallest absolute Gasteiger partial charge is 0.296 e. The van der Waals surface area contributed by atoms with Crippen molar-refractivity contribution in [3.8, 4) is 5.75 Å². The Morgan fingerprint density at radius 2 is 1.82 bits per heavy atom. The predicted octanol–water partition coefficient (Wildman–Crippen LogP) is 5.64. The lowest BCUT2D eigenvalue weighted by Crippen LogP contribution is -2.31. The van der Waals surface area contributed by atoms with Gasteiger partial charge in [0.2, 0.25) is 5.78 Å². The number of anilines is 1. The second-order valence-corrected chi connectivity index (χ2v) is 8.92. The SMILES string of the molecule is O=C(COc1ccccc1)C1=C(O)C(=O)N(c2nc3c(Cl)cccc3s2)C1c1ccc(F)cc1. The van der Waals surface area contributed by atoms with E-state index in [0.717, 1.165) is 4.70 Å². The van der Waals surface area contributed by atoms with Gasteiger partial charge in [-0.2, -0.15) is 0 Å². The summed E-state index contributed by atoms with van der Waals surface area (Å²) in [4.78, 5) is 32.1. The van der Waals surface area contributed by atoms with Crippen LogP contribution in [0.2, 0.25) is 5.02 Å². The summed E-state index contributed by atoms with van der Waals surface area (Å²) in [6.45, 7) is -0.395. The van der Waals surface area contributed by atoms with Gasteiger partial charge in [-0.25, -0.2) is 9.37 Å². The number of aliphatic hydroxyl groups excluding tert-OH is 1. The third-order valence-electron chi connectivity index (χ3n) is 5.37. The third-order valence-corrected chi connectivity index (χ3v) is 6.70. The van der Waals surface area contributed by atoms with Gasteiger partial charge in [-0.3, -0.25) is 14.5 Å². The molecule has 34 heavy (non-hydrogen) atoms. The van der Waals surface area contributed by atoms with Crippen LogP contribution in [0.1, 0.15) is 11.6 Å². The number of ketones is 1. The number of benzene rings is 3. The normalized spacial score (nSPS) is 15.9. The fraction of sp³-hybridized carbons (Fsp3) is 0.0800. The number of halogens is 2. The van der Waals surface area contributed by atoms with Gasteiger partial charge in [0.05, 0.1) is 21.3 Å². The van der Waals surface area contributed by atoms with Gasteiger partial charge in [0.1, 0.15) is 17.1 Å². The van der Waals surface area contributed by atoms with Gasteiger partial charge in [0, 0.05) is 0 Å². The van der Waals surface area contributed by atoms with Gasteiger partial charge in [-0.1, -0.05) is 59.3 Å². The molecular weight excluding hydrogens is 479 g/mol. The molecular formula is C25H16ClFN2O4S. The highest BCUT2D eigenvalue weighted by Crippen LogP contribution is 2.44. The number of thiazole rings is 1. The van der Waals surface area contributed by atoms with E-state index in [2.05, 4.69) is 4.98 Å². The van der Waals surface area contributed by atoms with Crippen molar-refractivity contribution in [1.82, 2.24) is 4.98 Å². The number of hydrogen-bond donors (Lipinski definition) is 1. The fourth-order valence-electron chi connectivity index (χ4n) is 3.80. The van der Waals surface area contributed by atoms with E-state index < -0.39 is 35.9 Å². The minimum absolute atomic E-state index is 0.141. The number of aliphatic hydroxyl groups is 1. The Kier molecular flexibility index (Phi) is 5.77. The highest BCUT2D eigenvalue weighted by Gasteiger charge is 2.45. The van der Waals surface area contributed by atoms with Crippen LogP contribution in [0.25, 0.3) is 10.2 Å². The van der Waals surface area contributed by atoms with Gasteiger partial charge >= 0.3 is 0 Å². The minimum atomic E-state index is -1.01. The van der Waals surface area contributed by atoms with Gasteiger partial charge < -0.3 is 9.84 Å². The molecule has 0 radical (unpaired) electrons.